The lowest BCUT2D eigenvalue weighted by Gasteiger charge is -2.23. The maximum absolute atomic E-state index is 12.1. The van der Waals surface area contributed by atoms with E-state index < -0.39 is 5.97 Å². The molecule has 6 heteroatoms. The molecule has 0 aliphatic carbocycles. The lowest BCUT2D eigenvalue weighted by atomic mass is 10.2. The summed E-state index contributed by atoms with van der Waals surface area (Å²) in [6.45, 7) is 4.03. The number of para-hydroxylation sites is 1. The fourth-order valence-electron chi connectivity index (χ4n) is 1.62. The van der Waals surface area contributed by atoms with E-state index in [4.69, 9.17) is 5.11 Å². The number of carboxylic acids is 1. The van der Waals surface area contributed by atoms with E-state index in [1.54, 1.807) is 18.9 Å². The average molecular weight is 301 g/mol. The van der Waals surface area contributed by atoms with Crippen molar-refractivity contribution in [3.63, 3.8) is 0 Å². The molecule has 0 saturated carbocycles. The molecule has 0 spiro atoms. The molecule has 0 saturated heterocycles. The van der Waals surface area contributed by atoms with E-state index in [9.17, 15) is 9.59 Å². The molecule has 0 aliphatic rings. The molecular formula is C14H21ClN2O3. The van der Waals surface area contributed by atoms with Crippen LogP contribution >= 0.6 is 12.4 Å². The van der Waals surface area contributed by atoms with Crippen LogP contribution in [0.2, 0.25) is 0 Å². The molecule has 0 heterocycles. The molecule has 1 aromatic rings. The predicted octanol–water partition coefficient (Wildman–Crippen LogP) is 2.15. The molecule has 1 atom stereocenters. The van der Waals surface area contributed by atoms with E-state index >= 15 is 0 Å². The van der Waals surface area contributed by atoms with Gasteiger partial charge in [0.1, 0.15) is 0 Å². The molecular weight excluding hydrogens is 280 g/mol. The third kappa shape index (κ3) is 5.59. The minimum Gasteiger partial charge on any atom is -0.481 e. The fourth-order valence-corrected chi connectivity index (χ4v) is 1.62. The van der Waals surface area contributed by atoms with Crippen molar-refractivity contribution in [3.05, 3.63) is 29.8 Å². The lowest BCUT2D eigenvalue weighted by molar-refractivity contribution is -0.137. The fraction of sp³-hybridized carbons (Fsp3) is 0.429. The summed E-state index contributed by atoms with van der Waals surface area (Å²) in [6.07, 6.45) is 0.0263. The maximum atomic E-state index is 12.1. The van der Waals surface area contributed by atoms with Gasteiger partial charge in [-0.25, -0.2) is 0 Å². The second-order valence-electron chi connectivity index (χ2n) is 4.60. The highest BCUT2D eigenvalue weighted by molar-refractivity contribution is 5.95. The molecule has 0 bridgehead atoms. The number of carbonyl (C=O) groups is 2. The van der Waals surface area contributed by atoms with Crippen LogP contribution < -0.4 is 5.32 Å². The number of amides is 1. The first kappa shape index (κ1) is 18.4. The van der Waals surface area contributed by atoms with Crippen LogP contribution in [0, 0.1) is 6.92 Å². The summed E-state index contributed by atoms with van der Waals surface area (Å²) in [5.74, 6) is -0.999. The number of carbonyl (C=O) groups excluding carboxylic acids is 1. The Hall–Kier alpha value is -1.59. The maximum Gasteiger partial charge on any atom is 0.304 e. The number of rotatable bonds is 6. The zero-order chi connectivity index (χ0) is 14.4. The predicted molar refractivity (Wildman–Crippen MR) is 81.4 cm³/mol. The number of halogens is 1. The van der Waals surface area contributed by atoms with Gasteiger partial charge in [0, 0.05) is 12.2 Å². The summed E-state index contributed by atoms with van der Waals surface area (Å²) in [7, 11) is 1.74. The van der Waals surface area contributed by atoms with Gasteiger partial charge in [-0.2, -0.15) is 0 Å². The molecule has 0 radical (unpaired) electrons. The molecule has 2 N–H and O–H groups in total. The van der Waals surface area contributed by atoms with Crippen molar-refractivity contribution in [1.29, 1.82) is 0 Å². The van der Waals surface area contributed by atoms with Crippen molar-refractivity contribution in [1.82, 2.24) is 4.90 Å². The molecule has 1 aromatic carbocycles. The molecule has 0 aromatic heterocycles. The second-order valence-corrected chi connectivity index (χ2v) is 4.60. The molecule has 1 amide bonds. The van der Waals surface area contributed by atoms with Crippen LogP contribution in [0.15, 0.2) is 24.3 Å². The summed E-state index contributed by atoms with van der Waals surface area (Å²) in [5, 5.41) is 11.5. The molecule has 1 rings (SSSR count). The molecule has 0 aliphatic heterocycles. The number of likely N-dealkylation sites (N-methyl/N-ethyl adjacent to an activating group) is 1. The Labute approximate surface area is 125 Å². The Morgan fingerprint density at radius 1 is 1.35 bits per heavy atom. The Morgan fingerprint density at radius 3 is 2.50 bits per heavy atom. The summed E-state index contributed by atoms with van der Waals surface area (Å²) in [4.78, 5) is 24.3. The normalized spacial score (nSPS) is 11.6. The Bertz CT molecular complexity index is 465. The SMILES string of the molecule is Cc1ccccc1NC(=O)C(C)N(C)CCC(=O)O.Cl. The van der Waals surface area contributed by atoms with Crippen molar-refractivity contribution in [2.75, 3.05) is 18.9 Å². The molecule has 112 valence electrons. The number of aryl methyl sites for hydroxylation is 1. The van der Waals surface area contributed by atoms with E-state index in [1.807, 2.05) is 31.2 Å². The number of aliphatic carboxylic acids is 1. The smallest absolute Gasteiger partial charge is 0.304 e. The number of hydrogen-bond acceptors (Lipinski definition) is 3. The van der Waals surface area contributed by atoms with Crippen molar-refractivity contribution in [3.8, 4) is 0 Å². The monoisotopic (exact) mass is 300 g/mol. The van der Waals surface area contributed by atoms with Gasteiger partial charge >= 0.3 is 5.97 Å². The first-order chi connectivity index (χ1) is 8.91. The number of anilines is 1. The number of hydrogen-bond donors (Lipinski definition) is 2. The van der Waals surface area contributed by atoms with Crippen molar-refractivity contribution in [2.24, 2.45) is 0 Å². The minimum atomic E-state index is -0.863. The van der Waals surface area contributed by atoms with Crippen molar-refractivity contribution >= 4 is 30.0 Å². The van der Waals surface area contributed by atoms with Crippen LogP contribution in [-0.2, 0) is 9.59 Å². The molecule has 5 nitrogen and oxygen atoms in total. The van der Waals surface area contributed by atoms with Crippen LogP contribution in [0.4, 0.5) is 5.69 Å². The average Bonchev–Trinajstić information content (AvgIpc) is 2.37. The molecule has 0 fully saturated rings. The lowest BCUT2D eigenvalue weighted by Crippen LogP contribution is -2.40. The topological polar surface area (TPSA) is 69.6 Å². The van der Waals surface area contributed by atoms with Gasteiger partial charge in [-0.05, 0) is 32.5 Å². The first-order valence-electron chi connectivity index (χ1n) is 6.20. The van der Waals surface area contributed by atoms with E-state index in [1.165, 1.54) is 0 Å². The Balaban J connectivity index is 0.00000361. The third-order valence-electron chi connectivity index (χ3n) is 3.12. The Kier molecular flexibility index (Phi) is 7.87. The van der Waals surface area contributed by atoms with Crippen LogP contribution in [0.25, 0.3) is 0 Å². The summed E-state index contributed by atoms with van der Waals surface area (Å²) >= 11 is 0. The van der Waals surface area contributed by atoms with Crippen molar-refractivity contribution in [2.45, 2.75) is 26.3 Å². The Morgan fingerprint density at radius 2 is 1.95 bits per heavy atom. The number of nitrogens with zero attached hydrogens (tertiary/aromatic N) is 1. The van der Waals surface area contributed by atoms with E-state index in [-0.39, 0.29) is 30.8 Å². The van der Waals surface area contributed by atoms with E-state index in [0.29, 0.717) is 6.54 Å². The van der Waals surface area contributed by atoms with Gasteiger partial charge in [0.05, 0.1) is 12.5 Å². The summed E-state index contributed by atoms with van der Waals surface area (Å²) in [5.41, 5.74) is 1.78. The highest BCUT2D eigenvalue weighted by Crippen LogP contribution is 2.14. The zero-order valence-electron chi connectivity index (χ0n) is 11.9. The van der Waals surface area contributed by atoms with Gasteiger partial charge in [-0.1, -0.05) is 18.2 Å². The summed E-state index contributed by atoms with van der Waals surface area (Å²) < 4.78 is 0. The second kappa shape index (κ2) is 8.55. The largest absolute Gasteiger partial charge is 0.481 e. The summed E-state index contributed by atoms with van der Waals surface area (Å²) in [6, 6.07) is 7.17. The molecule has 1 unspecified atom stereocenters. The number of carboxylic acid groups (broad SMARTS) is 1. The number of nitrogens with one attached hydrogen (secondary N) is 1. The quantitative estimate of drug-likeness (QED) is 0.844. The van der Waals surface area contributed by atoms with Crippen LogP contribution in [0.5, 0.6) is 0 Å². The van der Waals surface area contributed by atoms with Crippen LogP contribution in [0.1, 0.15) is 18.9 Å². The third-order valence-corrected chi connectivity index (χ3v) is 3.12. The number of benzene rings is 1. The van der Waals surface area contributed by atoms with Crippen molar-refractivity contribution < 1.29 is 14.7 Å². The van der Waals surface area contributed by atoms with Gasteiger partial charge < -0.3 is 10.4 Å². The minimum absolute atomic E-state index is 0. The van der Waals surface area contributed by atoms with Gasteiger partial charge in [-0.3, -0.25) is 14.5 Å². The van der Waals surface area contributed by atoms with Gasteiger partial charge in [0.2, 0.25) is 5.91 Å². The molecule has 20 heavy (non-hydrogen) atoms. The van der Waals surface area contributed by atoms with E-state index in [0.717, 1.165) is 11.3 Å². The van der Waals surface area contributed by atoms with Gasteiger partial charge in [-0.15, -0.1) is 12.4 Å². The van der Waals surface area contributed by atoms with Gasteiger partial charge in [0.15, 0.2) is 0 Å². The van der Waals surface area contributed by atoms with Crippen LogP contribution in [-0.4, -0.2) is 41.5 Å². The zero-order valence-corrected chi connectivity index (χ0v) is 12.7. The standard InChI is InChI=1S/C14H20N2O3.ClH/c1-10-6-4-5-7-12(10)15-14(19)11(2)16(3)9-8-13(17)18;/h4-7,11H,8-9H2,1-3H3,(H,15,19)(H,17,18);1H. The van der Waals surface area contributed by atoms with Gasteiger partial charge in [0.25, 0.3) is 0 Å². The highest BCUT2D eigenvalue weighted by atomic mass is 35.5. The highest BCUT2D eigenvalue weighted by Gasteiger charge is 2.18. The van der Waals surface area contributed by atoms with E-state index in [2.05, 4.69) is 5.32 Å². The first-order valence-corrected chi connectivity index (χ1v) is 6.20. The van der Waals surface area contributed by atoms with Crippen LogP contribution in [0.3, 0.4) is 0 Å².